The van der Waals surface area contributed by atoms with Crippen molar-refractivity contribution < 1.29 is 14.4 Å². The number of quaternary nitrogens is 1. The van der Waals surface area contributed by atoms with Crippen molar-refractivity contribution in [3.8, 4) is 0 Å². The van der Waals surface area contributed by atoms with Gasteiger partial charge >= 0.3 is 6.09 Å². The molecule has 2 aliphatic rings. The topological polar surface area (TPSA) is 71.2 Å². The molecule has 1 aliphatic carbocycles. The smallest absolute Gasteiger partial charge is 0.435 e. The van der Waals surface area contributed by atoms with E-state index in [0.29, 0.717) is 13.1 Å². The third kappa shape index (κ3) is 4.43. The van der Waals surface area contributed by atoms with E-state index < -0.39 is 6.09 Å². The van der Waals surface area contributed by atoms with Gasteiger partial charge < -0.3 is 9.67 Å². The number of amides is 1. The Kier molecular flexibility index (Phi) is 6.64. The fourth-order valence-corrected chi connectivity index (χ4v) is 6.55. The average molecular weight is 491 g/mol. The van der Waals surface area contributed by atoms with E-state index in [1.54, 1.807) is 0 Å². The molecule has 0 bridgehead atoms. The Hall–Kier alpha value is -2.77. The Morgan fingerprint density at radius 2 is 1.97 bits per heavy atom. The van der Waals surface area contributed by atoms with E-state index in [-0.39, 0.29) is 22.0 Å². The molecule has 5 rings (SSSR count). The maximum atomic E-state index is 12.5. The van der Waals surface area contributed by atoms with Crippen molar-refractivity contribution in [1.29, 1.82) is 0 Å². The first-order valence-electron chi connectivity index (χ1n) is 13.4. The van der Waals surface area contributed by atoms with Gasteiger partial charge in [0.05, 0.1) is 42.4 Å². The van der Waals surface area contributed by atoms with Crippen LogP contribution in [0.15, 0.2) is 42.6 Å². The highest BCUT2D eigenvalue weighted by Gasteiger charge is 2.50. The van der Waals surface area contributed by atoms with Crippen molar-refractivity contribution in [3.63, 3.8) is 0 Å². The van der Waals surface area contributed by atoms with Crippen LogP contribution in [0, 0.1) is 5.92 Å². The van der Waals surface area contributed by atoms with Gasteiger partial charge in [-0.1, -0.05) is 18.2 Å². The molecule has 3 aromatic rings. The van der Waals surface area contributed by atoms with Crippen molar-refractivity contribution in [2.24, 2.45) is 5.92 Å². The zero-order valence-electron chi connectivity index (χ0n) is 22.2. The van der Waals surface area contributed by atoms with Crippen LogP contribution >= 0.6 is 0 Å². The molecule has 1 aromatic carbocycles. The summed E-state index contributed by atoms with van der Waals surface area (Å²) in [5.41, 5.74) is 4.37. The Morgan fingerprint density at radius 3 is 2.75 bits per heavy atom. The second-order valence-electron chi connectivity index (χ2n) is 11.8. The minimum absolute atomic E-state index is 0.129. The molecule has 1 N–H and O–H groups in total. The van der Waals surface area contributed by atoms with Gasteiger partial charge in [-0.05, 0) is 83.7 Å². The normalized spacial score (nSPS) is 24.7. The lowest BCUT2D eigenvalue weighted by molar-refractivity contribution is -0.911. The van der Waals surface area contributed by atoms with Gasteiger partial charge in [0, 0.05) is 18.7 Å². The molecule has 3 atom stereocenters. The van der Waals surface area contributed by atoms with Gasteiger partial charge in [0.15, 0.2) is 0 Å². The summed E-state index contributed by atoms with van der Waals surface area (Å²) >= 11 is 0. The van der Waals surface area contributed by atoms with Gasteiger partial charge in [0.2, 0.25) is 0 Å². The fourth-order valence-electron chi connectivity index (χ4n) is 6.55. The third-order valence-electron chi connectivity index (χ3n) is 8.64. The zero-order valence-corrected chi connectivity index (χ0v) is 22.2. The number of rotatable bonds is 5. The highest BCUT2D eigenvalue weighted by atomic mass is 16.4. The Morgan fingerprint density at radius 1 is 1.17 bits per heavy atom. The molecule has 0 radical (unpaired) electrons. The lowest BCUT2D eigenvalue weighted by Crippen LogP contribution is -2.67. The molecule has 7 nitrogen and oxygen atoms in total. The minimum Gasteiger partial charge on any atom is -0.435 e. The SMILES string of the molecule is CN(Cc1nc2ccccc2n1C[C@H]1CCC[N+](C(=O)O)(C(C)(C)C)C1)[C@@H]1CCCc2cccnc21. The molecule has 7 heteroatoms. The number of carbonyl (C=O) groups is 1. The second kappa shape index (κ2) is 9.60. The molecule has 1 unspecified atom stereocenters. The summed E-state index contributed by atoms with van der Waals surface area (Å²) in [6, 6.07) is 12.9. The number of para-hydroxylation sites is 2. The Labute approximate surface area is 214 Å². The van der Waals surface area contributed by atoms with Crippen molar-refractivity contribution >= 4 is 17.1 Å². The number of nitrogens with zero attached hydrogens (tertiary/aromatic N) is 5. The molecule has 1 saturated heterocycles. The monoisotopic (exact) mass is 490 g/mol. The number of pyridine rings is 1. The van der Waals surface area contributed by atoms with Gasteiger partial charge in [-0.25, -0.2) is 9.47 Å². The number of piperidine rings is 1. The van der Waals surface area contributed by atoms with Crippen LogP contribution < -0.4 is 0 Å². The van der Waals surface area contributed by atoms with Crippen LogP contribution in [0.1, 0.15) is 69.6 Å². The predicted octanol–water partition coefficient (Wildman–Crippen LogP) is 5.64. The maximum absolute atomic E-state index is 12.5. The van der Waals surface area contributed by atoms with Gasteiger partial charge in [0.25, 0.3) is 0 Å². The Balaban J connectivity index is 1.44. The minimum atomic E-state index is -0.703. The van der Waals surface area contributed by atoms with Crippen LogP contribution in [0.2, 0.25) is 0 Å². The summed E-state index contributed by atoms with van der Waals surface area (Å²) in [6.45, 7) is 9.07. The number of aryl methyl sites for hydroxylation is 1. The first-order chi connectivity index (χ1) is 17.2. The number of imidazole rings is 1. The molecule has 0 spiro atoms. The molecule has 1 amide bonds. The van der Waals surface area contributed by atoms with Crippen LogP contribution in [0.4, 0.5) is 4.79 Å². The highest BCUT2D eigenvalue weighted by Crippen LogP contribution is 2.36. The summed E-state index contributed by atoms with van der Waals surface area (Å²) in [4.78, 5) is 24.7. The summed E-state index contributed by atoms with van der Waals surface area (Å²) in [7, 11) is 2.19. The number of benzene rings is 1. The van der Waals surface area contributed by atoms with Crippen molar-refractivity contribution in [2.45, 2.75) is 77.5 Å². The Bertz CT molecular complexity index is 1250. The lowest BCUT2D eigenvalue weighted by atomic mass is 9.89. The van der Waals surface area contributed by atoms with Crippen molar-refractivity contribution in [2.75, 3.05) is 20.1 Å². The number of hydrogen-bond acceptors (Lipinski definition) is 4. The lowest BCUT2D eigenvalue weighted by Gasteiger charge is -2.48. The summed E-state index contributed by atoms with van der Waals surface area (Å²) in [6.07, 6.45) is 6.57. The number of likely N-dealkylation sites (tertiary alicyclic amines) is 1. The van der Waals surface area contributed by atoms with E-state index in [1.807, 2.05) is 18.3 Å². The molecule has 192 valence electrons. The summed E-state index contributed by atoms with van der Waals surface area (Å²) < 4.78 is 2.49. The summed E-state index contributed by atoms with van der Waals surface area (Å²) in [5.74, 6) is 1.34. The first-order valence-corrected chi connectivity index (χ1v) is 13.4. The van der Waals surface area contributed by atoms with Crippen LogP contribution in [0.3, 0.4) is 0 Å². The molecular formula is C29H40N5O2+. The second-order valence-corrected chi connectivity index (χ2v) is 11.8. The number of aromatic nitrogens is 3. The maximum Gasteiger partial charge on any atom is 0.513 e. The van der Waals surface area contributed by atoms with Gasteiger partial charge in [-0.2, -0.15) is 4.79 Å². The van der Waals surface area contributed by atoms with E-state index in [4.69, 9.17) is 9.97 Å². The van der Waals surface area contributed by atoms with Crippen molar-refractivity contribution in [3.05, 3.63) is 59.7 Å². The van der Waals surface area contributed by atoms with Crippen molar-refractivity contribution in [1.82, 2.24) is 19.4 Å². The largest absolute Gasteiger partial charge is 0.513 e. The zero-order chi connectivity index (χ0) is 25.5. The average Bonchev–Trinajstić information content (AvgIpc) is 3.19. The van der Waals surface area contributed by atoms with Crippen LogP contribution in [-0.2, 0) is 19.5 Å². The molecule has 1 fully saturated rings. The molecule has 2 aromatic heterocycles. The van der Waals surface area contributed by atoms with E-state index in [0.717, 1.165) is 55.6 Å². The van der Waals surface area contributed by atoms with Gasteiger partial charge in [0.1, 0.15) is 11.4 Å². The number of hydrogen-bond donors (Lipinski definition) is 1. The molecule has 1 aliphatic heterocycles. The molecule has 3 heterocycles. The standard InChI is InChI=1S/C29H39N5O2/c1-29(2,3)34(28(35)36)17-9-10-21(20-34)18-33-24-14-6-5-13-23(24)31-26(33)19-32(4)25-15-7-11-22-12-8-16-30-27(22)25/h5-6,8,12-14,16,21,25H,7,9-11,15,17-20H2,1-4H3/p+1/t21-,25-,34?/m1/s1. The van der Waals surface area contributed by atoms with Gasteiger partial charge in [-0.15, -0.1) is 0 Å². The van der Waals surface area contributed by atoms with Crippen LogP contribution in [0.5, 0.6) is 0 Å². The quantitative estimate of drug-likeness (QED) is 0.469. The van der Waals surface area contributed by atoms with E-state index in [2.05, 4.69) is 61.6 Å². The molecule has 0 saturated carbocycles. The van der Waals surface area contributed by atoms with Gasteiger partial charge in [-0.3, -0.25) is 9.88 Å². The van der Waals surface area contributed by atoms with Crippen LogP contribution in [0.25, 0.3) is 11.0 Å². The van der Waals surface area contributed by atoms with E-state index in [9.17, 15) is 9.90 Å². The van der Waals surface area contributed by atoms with E-state index in [1.165, 1.54) is 17.7 Å². The third-order valence-corrected chi connectivity index (χ3v) is 8.64. The fraction of sp³-hybridized carbons (Fsp3) is 0.552. The first kappa shape index (κ1) is 24.9. The number of carboxylic acid groups (broad SMARTS) is 1. The highest BCUT2D eigenvalue weighted by molar-refractivity contribution is 5.75. The number of fused-ring (bicyclic) bond motifs is 2. The van der Waals surface area contributed by atoms with E-state index >= 15 is 0 Å². The predicted molar refractivity (Wildman–Crippen MR) is 142 cm³/mol. The molecule has 36 heavy (non-hydrogen) atoms. The van der Waals surface area contributed by atoms with Crippen LogP contribution in [-0.4, -0.2) is 60.8 Å². The molecular weight excluding hydrogens is 450 g/mol. The summed E-state index contributed by atoms with van der Waals surface area (Å²) in [5, 5.41) is 10.3.